The van der Waals surface area contributed by atoms with E-state index in [1.807, 2.05) is 30.4 Å². The second kappa shape index (κ2) is 5.96. The van der Waals surface area contributed by atoms with Crippen molar-refractivity contribution in [3.05, 3.63) is 93.9 Å². The van der Waals surface area contributed by atoms with E-state index in [0.717, 1.165) is 33.2 Å². The molecule has 0 spiro atoms. The summed E-state index contributed by atoms with van der Waals surface area (Å²) in [6, 6.07) is 12.3. The molecule has 138 valence electrons. The highest BCUT2D eigenvalue weighted by atomic mass is 32.1. The topological polar surface area (TPSA) is 52.0 Å². The van der Waals surface area contributed by atoms with Gasteiger partial charge in [0.05, 0.1) is 11.1 Å². The summed E-state index contributed by atoms with van der Waals surface area (Å²) in [5, 5.41) is 5.79. The molecule has 2 aliphatic rings. The lowest BCUT2D eigenvalue weighted by Gasteiger charge is -2.08. The van der Waals surface area contributed by atoms with Gasteiger partial charge in [-0.3, -0.25) is 14.2 Å². The lowest BCUT2D eigenvalue weighted by molar-refractivity contribution is 0.0988. The number of hydrogen-bond donors (Lipinski definition) is 0. The van der Waals surface area contributed by atoms with Crippen molar-refractivity contribution in [2.75, 3.05) is 0 Å². The summed E-state index contributed by atoms with van der Waals surface area (Å²) in [4.78, 5) is 29.8. The summed E-state index contributed by atoms with van der Waals surface area (Å²) < 4.78 is 2.17. The fraction of sp³-hybridized carbons (Fsp3) is 0.0417. The van der Waals surface area contributed by atoms with Crippen LogP contribution in [-0.4, -0.2) is 21.1 Å². The number of rotatable bonds is 2. The monoisotopic (exact) mass is 394 g/mol. The molecule has 0 radical (unpaired) electrons. The number of hydrogen-bond acceptors (Lipinski definition) is 4. The van der Waals surface area contributed by atoms with E-state index in [-0.39, 0.29) is 17.1 Å². The number of aromatic nitrogens is 2. The van der Waals surface area contributed by atoms with E-state index in [9.17, 15) is 9.59 Å². The van der Waals surface area contributed by atoms with Crippen molar-refractivity contribution in [1.82, 2.24) is 9.55 Å². The molecule has 0 aliphatic heterocycles. The molecule has 0 saturated heterocycles. The van der Waals surface area contributed by atoms with E-state index in [1.54, 1.807) is 23.0 Å². The Labute approximate surface area is 170 Å². The van der Waals surface area contributed by atoms with Crippen molar-refractivity contribution in [3.8, 4) is 0 Å². The summed E-state index contributed by atoms with van der Waals surface area (Å²) in [5.74, 6) is -0.335. The molecule has 0 fully saturated rings. The summed E-state index contributed by atoms with van der Waals surface area (Å²) in [6.45, 7) is 0. The first kappa shape index (κ1) is 16.4. The smallest absolute Gasteiger partial charge is 0.198 e. The van der Waals surface area contributed by atoms with Crippen LogP contribution in [0.2, 0.25) is 0 Å². The molecule has 2 aliphatic carbocycles. The van der Waals surface area contributed by atoms with Gasteiger partial charge in [0.25, 0.3) is 0 Å². The number of carbonyl (C=O) groups excluding carboxylic acids is 2. The van der Waals surface area contributed by atoms with E-state index in [4.69, 9.17) is 0 Å². The summed E-state index contributed by atoms with van der Waals surface area (Å²) in [7, 11) is 0. The molecule has 5 heteroatoms. The van der Waals surface area contributed by atoms with Gasteiger partial charge in [0, 0.05) is 51.0 Å². The lowest BCUT2D eigenvalue weighted by atomic mass is 10.1. The zero-order valence-electron chi connectivity index (χ0n) is 15.3. The van der Waals surface area contributed by atoms with Gasteiger partial charge >= 0.3 is 0 Å². The Morgan fingerprint density at radius 2 is 1.69 bits per heavy atom. The lowest BCUT2D eigenvalue weighted by Crippen LogP contribution is -2.02. The average molecular weight is 394 g/mol. The SMILES string of the molecule is O=C1C(=CC2=CC=C(n3c4ccccc4c4cccnc43)C2)C(=O)c2cscc21. The minimum atomic E-state index is -0.167. The third kappa shape index (κ3) is 2.28. The molecule has 29 heavy (non-hydrogen) atoms. The van der Waals surface area contributed by atoms with Gasteiger partial charge in [0.2, 0.25) is 0 Å². The number of benzene rings is 1. The van der Waals surface area contributed by atoms with Crippen LogP contribution < -0.4 is 0 Å². The molecule has 3 heterocycles. The third-order valence-electron chi connectivity index (χ3n) is 5.57. The van der Waals surface area contributed by atoms with Crippen LogP contribution in [0.5, 0.6) is 0 Å². The number of fused-ring (bicyclic) bond motifs is 4. The fourth-order valence-corrected chi connectivity index (χ4v) is 5.04. The number of nitrogens with zero attached hydrogens (tertiary/aromatic N) is 2. The van der Waals surface area contributed by atoms with Gasteiger partial charge in [-0.25, -0.2) is 4.98 Å². The van der Waals surface area contributed by atoms with Crippen LogP contribution in [0.1, 0.15) is 27.1 Å². The Kier molecular flexibility index (Phi) is 3.37. The minimum absolute atomic E-state index is 0.167. The van der Waals surface area contributed by atoms with Gasteiger partial charge in [-0.05, 0) is 35.9 Å². The second-order valence-electron chi connectivity index (χ2n) is 7.22. The summed E-state index contributed by atoms with van der Waals surface area (Å²) in [6.07, 6.45) is 8.23. The van der Waals surface area contributed by atoms with E-state index in [1.165, 1.54) is 11.3 Å². The van der Waals surface area contributed by atoms with Crippen LogP contribution in [0.3, 0.4) is 0 Å². The van der Waals surface area contributed by atoms with Gasteiger partial charge in [0.15, 0.2) is 11.6 Å². The van der Waals surface area contributed by atoms with Crippen LogP contribution in [0, 0.1) is 0 Å². The zero-order valence-corrected chi connectivity index (χ0v) is 16.1. The van der Waals surface area contributed by atoms with Crippen molar-refractivity contribution < 1.29 is 9.59 Å². The number of thiophene rings is 1. The predicted molar refractivity (Wildman–Crippen MR) is 115 cm³/mol. The largest absolute Gasteiger partial charge is 0.297 e. The molecule has 0 bridgehead atoms. The average Bonchev–Trinajstić information content (AvgIpc) is 3.50. The maximum atomic E-state index is 12.6. The molecule has 4 nitrogen and oxygen atoms in total. The van der Waals surface area contributed by atoms with Crippen LogP contribution in [0.4, 0.5) is 0 Å². The molecule has 6 rings (SSSR count). The standard InChI is InChI=1S/C24H14N2O2S/c27-22-18(23(28)20-13-29-12-19(20)22)11-14-7-8-15(10-14)26-21-6-2-1-4-16(21)17-5-3-9-25-24(17)26/h1-9,11-13H,10H2. The molecule has 4 aromatic rings. The molecule has 0 amide bonds. The predicted octanol–water partition coefficient (Wildman–Crippen LogP) is 5.43. The first-order valence-electron chi connectivity index (χ1n) is 9.34. The maximum absolute atomic E-state index is 12.6. The molecular weight excluding hydrogens is 380 g/mol. The van der Waals surface area contributed by atoms with Crippen LogP contribution >= 0.6 is 11.3 Å². The molecule has 0 saturated carbocycles. The highest BCUT2D eigenvalue weighted by Gasteiger charge is 2.34. The number of Topliss-reactive ketones (excluding diaryl/α,β-unsaturated/α-hetero) is 2. The number of ketones is 2. The van der Waals surface area contributed by atoms with Gasteiger partial charge in [-0.2, -0.15) is 11.3 Å². The summed E-state index contributed by atoms with van der Waals surface area (Å²) >= 11 is 1.39. The molecule has 0 atom stereocenters. The van der Waals surface area contributed by atoms with Gasteiger partial charge in [0.1, 0.15) is 5.65 Å². The minimum Gasteiger partial charge on any atom is -0.297 e. The van der Waals surface area contributed by atoms with Crippen LogP contribution in [0.15, 0.2) is 82.7 Å². The fourth-order valence-electron chi connectivity index (χ4n) is 4.23. The first-order chi connectivity index (χ1) is 14.2. The van der Waals surface area contributed by atoms with Crippen LogP contribution in [0.25, 0.3) is 27.6 Å². The molecule has 1 aromatic carbocycles. The maximum Gasteiger partial charge on any atom is 0.198 e. The van der Waals surface area contributed by atoms with Gasteiger partial charge < -0.3 is 0 Å². The molecule has 0 N–H and O–H groups in total. The molecular formula is C24H14N2O2S. The second-order valence-corrected chi connectivity index (χ2v) is 7.96. The highest BCUT2D eigenvalue weighted by molar-refractivity contribution is 7.08. The number of carbonyl (C=O) groups is 2. The Morgan fingerprint density at radius 3 is 2.52 bits per heavy atom. The van der Waals surface area contributed by atoms with Gasteiger partial charge in [-0.1, -0.05) is 24.3 Å². The van der Waals surface area contributed by atoms with Gasteiger partial charge in [-0.15, -0.1) is 0 Å². The number of pyridine rings is 1. The van der Waals surface area contributed by atoms with Crippen molar-refractivity contribution in [2.24, 2.45) is 0 Å². The molecule has 3 aromatic heterocycles. The Morgan fingerprint density at radius 1 is 0.931 bits per heavy atom. The Hall–Kier alpha value is -3.57. The van der Waals surface area contributed by atoms with Crippen LogP contribution in [-0.2, 0) is 0 Å². The third-order valence-corrected chi connectivity index (χ3v) is 6.31. The van der Waals surface area contributed by atoms with Crippen molar-refractivity contribution in [2.45, 2.75) is 6.42 Å². The zero-order chi connectivity index (χ0) is 19.5. The number of para-hydroxylation sites is 1. The van der Waals surface area contributed by atoms with E-state index < -0.39 is 0 Å². The quantitative estimate of drug-likeness (QED) is 0.337. The summed E-state index contributed by atoms with van der Waals surface area (Å²) in [5.41, 5.74) is 5.38. The van der Waals surface area contributed by atoms with E-state index in [2.05, 4.69) is 27.8 Å². The Bertz CT molecular complexity index is 1380. The Balaban J connectivity index is 1.39. The molecule has 0 unspecified atom stereocenters. The highest BCUT2D eigenvalue weighted by Crippen LogP contribution is 2.36. The number of allylic oxidation sites excluding steroid dienone is 6. The normalized spacial score (nSPS) is 15.9. The van der Waals surface area contributed by atoms with Crippen molar-refractivity contribution >= 4 is 50.5 Å². The van der Waals surface area contributed by atoms with E-state index in [0.29, 0.717) is 17.5 Å². The first-order valence-corrected chi connectivity index (χ1v) is 10.3. The van der Waals surface area contributed by atoms with E-state index >= 15 is 0 Å². The van der Waals surface area contributed by atoms with Crippen molar-refractivity contribution in [3.63, 3.8) is 0 Å². The van der Waals surface area contributed by atoms with Crippen molar-refractivity contribution in [1.29, 1.82) is 0 Å².